The molecule has 9 heteroatoms. The number of anilines is 1. The summed E-state index contributed by atoms with van der Waals surface area (Å²) in [5, 5.41) is 8.33. The van der Waals surface area contributed by atoms with E-state index in [1.807, 2.05) is 30.3 Å². The van der Waals surface area contributed by atoms with E-state index in [1.54, 1.807) is 23.9 Å². The van der Waals surface area contributed by atoms with Crippen LogP contribution in [0.3, 0.4) is 0 Å². The Morgan fingerprint density at radius 2 is 1.76 bits per heavy atom. The average molecular weight is 505 g/mol. The Labute approximate surface area is 210 Å². The number of ether oxygens (including phenoxy) is 2. The minimum absolute atomic E-state index is 0.0235. The lowest BCUT2D eigenvalue weighted by Gasteiger charge is -2.09. The number of methoxy groups -OCH3 is 1. The molecule has 1 amide bonds. The summed E-state index contributed by atoms with van der Waals surface area (Å²) in [5.74, 6) is 0.574. The molecule has 0 fully saturated rings. The molecule has 0 bridgehead atoms. The van der Waals surface area contributed by atoms with Crippen LogP contribution in [0.1, 0.15) is 45.4 Å². The maximum atomic E-state index is 12.2. The Hall–Kier alpha value is -2.61. The van der Waals surface area contributed by atoms with E-state index in [4.69, 9.17) is 32.7 Å². The molecule has 182 valence electrons. The first-order valence-electron chi connectivity index (χ1n) is 11.5. The van der Waals surface area contributed by atoms with Gasteiger partial charge in [-0.25, -0.2) is 4.68 Å². The second-order valence-corrected chi connectivity index (χ2v) is 8.67. The fourth-order valence-corrected chi connectivity index (χ4v) is 3.67. The van der Waals surface area contributed by atoms with Crippen LogP contribution in [0.15, 0.2) is 42.5 Å². The zero-order chi connectivity index (χ0) is 24.3. The van der Waals surface area contributed by atoms with Gasteiger partial charge in [-0.3, -0.25) is 4.79 Å². The number of halogens is 2. The third-order valence-corrected chi connectivity index (χ3v) is 5.93. The molecule has 3 rings (SSSR count). The van der Waals surface area contributed by atoms with Gasteiger partial charge >= 0.3 is 6.01 Å². The third kappa shape index (κ3) is 7.45. The van der Waals surface area contributed by atoms with Gasteiger partial charge in [-0.2, -0.15) is 4.98 Å². The number of carbonyl (C=O) groups excluding carboxylic acids is 1. The van der Waals surface area contributed by atoms with Crippen LogP contribution in [0, 0.1) is 0 Å². The van der Waals surface area contributed by atoms with Gasteiger partial charge in [0.25, 0.3) is 0 Å². The van der Waals surface area contributed by atoms with Gasteiger partial charge in [-0.1, -0.05) is 55.8 Å². The van der Waals surface area contributed by atoms with E-state index < -0.39 is 0 Å². The molecule has 0 aliphatic carbocycles. The highest BCUT2D eigenvalue weighted by Crippen LogP contribution is 2.30. The van der Waals surface area contributed by atoms with Crippen LogP contribution in [0.4, 0.5) is 5.69 Å². The summed E-state index contributed by atoms with van der Waals surface area (Å²) < 4.78 is 12.3. The fraction of sp³-hybridized carbons (Fsp3) is 0.400. The fourth-order valence-electron chi connectivity index (χ4n) is 3.37. The zero-order valence-corrected chi connectivity index (χ0v) is 21.0. The molecule has 1 aromatic heterocycles. The van der Waals surface area contributed by atoms with E-state index in [0.29, 0.717) is 35.5 Å². The zero-order valence-electron chi connectivity index (χ0n) is 19.5. The Kier molecular flexibility index (Phi) is 10.2. The van der Waals surface area contributed by atoms with E-state index in [0.717, 1.165) is 29.8 Å². The summed E-state index contributed by atoms with van der Waals surface area (Å²) in [6.07, 6.45) is 6.10. The summed E-state index contributed by atoms with van der Waals surface area (Å²) in [6, 6.07) is 12.9. The minimum Gasteiger partial charge on any atom is -0.460 e. The van der Waals surface area contributed by atoms with Crippen molar-refractivity contribution in [3.63, 3.8) is 0 Å². The van der Waals surface area contributed by atoms with Crippen molar-refractivity contribution in [1.29, 1.82) is 0 Å². The topological polar surface area (TPSA) is 78.3 Å². The number of carbonyl (C=O) groups is 1. The van der Waals surface area contributed by atoms with Crippen LogP contribution in [0.25, 0.3) is 17.1 Å². The highest BCUT2D eigenvalue weighted by atomic mass is 35.5. The summed E-state index contributed by atoms with van der Waals surface area (Å²) in [4.78, 5) is 16.8. The van der Waals surface area contributed by atoms with Crippen molar-refractivity contribution in [2.24, 2.45) is 0 Å². The van der Waals surface area contributed by atoms with Gasteiger partial charge in [0.05, 0.1) is 22.3 Å². The maximum Gasteiger partial charge on any atom is 0.336 e. The second-order valence-electron chi connectivity index (χ2n) is 7.86. The van der Waals surface area contributed by atoms with Crippen LogP contribution in [0.5, 0.6) is 6.01 Å². The highest BCUT2D eigenvalue weighted by Gasteiger charge is 2.16. The van der Waals surface area contributed by atoms with Gasteiger partial charge in [0.15, 0.2) is 5.82 Å². The molecule has 0 spiro atoms. The molecule has 0 unspecified atom stereocenters. The van der Waals surface area contributed by atoms with Crippen molar-refractivity contribution in [2.75, 3.05) is 25.6 Å². The number of nitrogens with one attached hydrogen (secondary N) is 1. The Bertz CT molecular complexity index is 1070. The van der Waals surface area contributed by atoms with Crippen LogP contribution in [0.2, 0.25) is 10.0 Å². The number of unbranched alkanes of at least 4 members (excludes halogenated alkanes) is 4. The van der Waals surface area contributed by atoms with Crippen LogP contribution >= 0.6 is 23.2 Å². The lowest BCUT2D eigenvalue weighted by atomic mass is 10.1. The molecule has 1 heterocycles. The summed E-state index contributed by atoms with van der Waals surface area (Å²) in [5.41, 5.74) is 2.23. The number of benzene rings is 2. The summed E-state index contributed by atoms with van der Waals surface area (Å²) in [7, 11) is 1.60. The van der Waals surface area contributed by atoms with Gasteiger partial charge in [0.2, 0.25) is 5.91 Å². The van der Waals surface area contributed by atoms with E-state index in [1.165, 1.54) is 19.3 Å². The van der Waals surface area contributed by atoms with Gasteiger partial charge in [0.1, 0.15) is 6.61 Å². The van der Waals surface area contributed by atoms with Crippen molar-refractivity contribution < 1.29 is 14.3 Å². The number of amides is 1. The summed E-state index contributed by atoms with van der Waals surface area (Å²) in [6.45, 7) is 2.92. The molecule has 0 atom stereocenters. The number of rotatable bonds is 13. The average Bonchev–Trinajstić information content (AvgIpc) is 3.25. The molecular weight excluding hydrogens is 475 g/mol. The van der Waals surface area contributed by atoms with E-state index in [9.17, 15) is 4.79 Å². The molecule has 2 aromatic carbocycles. The lowest BCUT2D eigenvalue weighted by molar-refractivity contribution is -0.116. The first kappa shape index (κ1) is 26.0. The van der Waals surface area contributed by atoms with Gasteiger partial charge in [-0.15, -0.1) is 5.10 Å². The normalized spacial score (nSPS) is 10.9. The molecule has 7 nitrogen and oxygen atoms in total. The Balaban J connectivity index is 1.75. The Morgan fingerprint density at radius 1 is 1.00 bits per heavy atom. The number of hydrogen-bond donors (Lipinski definition) is 1. The molecule has 34 heavy (non-hydrogen) atoms. The van der Waals surface area contributed by atoms with E-state index >= 15 is 0 Å². The van der Waals surface area contributed by atoms with E-state index in [-0.39, 0.29) is 11.9 Å². The second kappa shape index (κ2) is 13.3. The first-order valence-corrected chi connectivity index (χ1v) is 12.2. The quantitative estimate of drug-likeness (QED) is 0.266. The molecule has 0 aliphatic heterocycles. The predicted molar refractivity (Wildman–Crippen MR) is 136 cm³/mol. The van der Waals surface area contributed by atoms with Gasteiger partial charge in [0, 0.05) is 24.8 Å². The monoisotopic (exact) mass is 504 g/mol. The van der Waals surface area contributed by atoms with E-state index in [2.05, 4.69) is 22.3 Å². The standard InChI is InChI=1S/C25H30Cl2N4O3/c1-3-4-5-6-7-8-23(32)28-19-10-12-20(13-11-19)31-24(18-9-14-21(26)22(27)17-18)29-25(30-31)34-16-15-33-2/h9-14,17H,3-8,15-16H2,1-2H3,(H,28,32). The Morgan fingerprint density at radius 3 is 2.47 bits per heavy atom. The highest BCUT2D eigenvalue weighted by molar-refractivity contribution is 6.42. The molecule has 3 aromatic rings. The van der Waals surface area contributed by atoms with Crippen molar-refractivity contribution in [3.8, 4) is 23.1 Å². The molecule has 0 radical (unpaired) electrons. The van der Waals surface area contributed by atoms with Crippen molar-refractivity contribution >= 4 is 34.8 Å². The van der Waals surface area contributed by atoms with Crippen LogP contribution in [-0.4, -0.2) is 41.0 Å². The summed E-state index contributed by atoms with van der Waals surface area (Å²) >= 11 is 12.3. The predicted octanol–water partition coefficient (Wildman–Crippen LogP) is 6.57. The molecular formula is C25H30Cl2N4O3. The maximum absolute atomic E-state index is 12.2. The third-order valence-electron chi connectivity index (χ3n) is 5.19. The van der Waals surface area contributed by atoms with Crippen molar-refractivity contribution in [3.05, 3.63) is 52.5 Å². The van der Waals surface area contributed by atoms with Gasteiger partial charge in [-0.05, 0) is 48.9 Å². The molecule has 0 saturated heterocycles. The SMILES string of the molecule is CCCCCCCC(=O)Nc1ccc(-n2nc(OCCOC)nc2-c2ccc(Cl)c(Cl)c2)cc1. The smallest absolute Gasteiger partial charge is 0.336 e. The van der Waals surface area contributed by atoms with Gasteiger partial charge < -0.3 is 14.8 Å². The minimum atomic E-state index is 0.0235. The first-order chi connectivity index (χ1) is 16.5. The van der Waals surface area contributed by atoms with Crippen LogP contribution < -0.4 is 10.1 Å². The lowest BCUT2D eigenvalue weighted by Crippen LogP contribution is -2.11. The molecule has 1 N–H and O–H groups in total. The molecule has 0 saturated carbocycles. The molecule has 0 aliphatic rings. The largest absolute Gasteiger partial charge is 0.460 e. The van der Waals surface area contributed by atoms with Crippen molar-refractivity contribution in [1.82, 2.24) is 14.8 Å². The number of nitrogens with zero attached hydrogens (tertiary/aromatic N) is 3. The number of hydrogen-bond acceptors (Lipinski definition) is 5. The van der Waals surface area contributed by atoms with Crippen molar-refractivity contribution in [2.45, 2.75) is 45.4 Å². The number of aromatic nitrogens is 3. The van der Waals surface area contributed by atoms with Crippen LogP contribution in [-0.2, 0) is 9.53 Å².